The lowest BCUT2D eigenvalue weighted by Crippen LogP contribution is -2.46. The third-order valence-corrected chi connectivity index (χ3v) is 7.14. The molecule has 7 heteroatoms. The van der Waals surface area contributed by atoms with Gasteiger partial charge in [-0.1, -0.05) is 54.1 Å². The van der Waals surface area contributed by atoms with Crippen LogP contribution in [0.25, 0.3) is 0 Å². The molecule has 2 atom stereocenters. The van der Waals surface area contributed by atoms with Gasteiger partial charge in [0.25, 0.3) is 0 Å². The maximum absolute atomic E-state index is 12.8. The van der Waals surface area contributed by atoms with Crippen LogP contribution in [0.3, 0.4) is 0 Å². The molecule has 0 bridgehead atoms. The maximum Gasteiger partial charge on any atom is 0.224 e. The average molecular weight is 421 g/mol. The molecule has 0 radical (unpaired) electrons. The molecule has 28 heavy (non-hydrogen) atoms. The van der Waals surface area contributed by atoms with Crippen molar-refractivity contribution in [1.82, 2.24) is 9.62 Å². The van der Waals surface area contributed by atoms with Gasteiger partial charge < -0.3 is 5.32 Å². The number of benzene rings is 2. The van der Waals surface area contributed by atoms with E-state index in [1.807, 2.05) is 37.3 Å². The third-order valence-electron chi connectivity index (χ3n) is 5.07. The molecule has 1 unspecified atom stereocenters. The van der Waals surface area contributed by atoms with E-state index in [1.165, 1.54) is 4.31 Å². The van der Waals surface area contributed by atoms with Crippen molar-refractivity contribution >= 4 is 27.5 Å². The SMILES string of the molecule is C[C@@H](NC(=O)C1CCCN(S(=O)(=O)Cc2ccc(Cl)cc2)C1)c1ccccc1. The second-order valence-corrected chi connectivity index (χ2v) is 9.63. The maximum atomic E-state index is 12.8. The van der Waals surface area contributed by atoms with Crippen molar-refractivity contribution in [2.24, 2.45) is 5.92 Å². The van der Waals surface area contributed by atoms with Gasteiger partial charge in [-0.3, -0.25) is 4.79 Å². The van der Waals surface area contributed by atoms with Gasteiger partial charge in [0.15, 0.2) is 0 Å². The Bertz CT molecular complexity index is 901. The van der Waals surface area contributed by atoms with Gasteiger partial charge in [-0.15, -0.1) is 0 Å². The highest BCUT2D eigenvalue weighted by molar-refractivity contribution is 7.88. The zero-order valence-corrected chi connectivity index (χ0v) is 17.4. The van der Waals surface area contributed by atoms with E-state index in [0.717, 1.165) is 5.56 Å². The summed E-state index contributed by atoms with van der Waals surface area (Å²) in [7, 11) is -3.49. The van der Waals surface area contributed by atoms with Crippen molar-refractivity contribution in [3.63, 3.8) is 0 Å². The minimum Gasteiger partial charge on any atom is -0.349 e. The van der Waals surface area contributed by atoms with Crippen molar-refractivity contribution < 1.29 is 13.2 Å². The first-order valence-electron chi connectivity index (χ1n) is 9.43. The second-order valence-electron chi connectivity index (χ2n) is 7.22. The molecule has 0 saturated carbocycles. The van der Waals surface area contributed by atoms with Crippen molar-refractivity contribution in [2.45, 2.75) is 31.6 Å². The van der Waals surface area contributed by atoms with E-state index in [4.69, 9.17) is 11.6 Å². The third kappa shape index (κ3) is 5.34. The van der Waals surface area contributed by atoms with Crippen molar-refractivity contribution in [3.05, 3.63) is 70.7 Å². The lowest BCUT2D eigenvalue weighted by molar-refractivity contribution is -0.126. The number of sulfonamides is 1. The molecule has 3 rings (SSSR count). The molecule has 150 valence electrons. The van der Waals surface area contributed by atoms with E-state index >= 15 is 0 Å². The zero-order valence-electron chi connectivity index (χ0n) is 15.8. The number of hydrogen-bond acceptors (Lipinski definition) is 3. The van der Waals surface area contributed by atoms with Crippen LogP contribution >= 0.6 is 11.6 Å². The molecule has 1 N–H and O–H groups in total. The fraction of sp³-hybridized carbons (Fsp3) is 0.381. The van der Waals surface area contributed by atoms with E-state index in [0.29, 0.717) is 30.0 Å². The van der Waals surface area contributed by atoms with Gasteiger partial charge in [-0.05, 0) is 43.0 Å². The van der Waals surface area contributed by atoms with E-state index in [9.17, 15) is 13.2 Å². The molecule has 1 amide bonds. The highest BCUT2D eigenvalue weighted by atomic mass is 35.5. The lowest BCUT2D eigenvalue weighted by Gasteiger charge is -2.32. The summed E-state index contributed by atoms with van der Waals surface area (Å²) in [5.41, 5.74) is 1.72. The van der Waals surface area contributed by atoms with Gasteiger partial charge in [-0.25, -0.2) is 12.7 Å². The van der Waals surface area contributed by atoms with Gasteiger partial charge in [0.2, 0.25) is 15.9 Å². The minimum atomic E-state index is -3.49. The van der Waals surface area contributed by atoms with E-state index in [1.54, 1.807) is 24.3 Å². The van der Waals surface area contributed by atoms with Gasteiger partial charge >= 0.3 is 0 Å². The molecular formula is C21H25ClN2O3S. The van der Waals surface area contributed by atoms with Crippen LogP contribution in [0, 0.1) is 5.92 Å². The average Bonchev–Trinajstić information content (AvgIpc) is 2.70. The number of carbonyl (C=O) groups excluding carboxylic acids is 1. The van der Waals surface area contributed by atoms with Crippen LogP contribution in [0.2, 0.25) is 5.02 Å². The van der Waals surface area contributed by atoms with Gasteiger partial charge in [0, 0.05) is 18.1 Å². The summed E-state index contributed by atoms with van der Waals surface area (Å²) < 4.78 is 27.1. The number of hydrogen-bond donors (Lipinski definition) is 1. The smallest absolute Gasteiger partial charge is 0.224 e. The molecule has 5 nitrogen and oxygen atoms in total. The summed E-state index contributed by atoms with van der Waals surface area (Å²) >= 11 is 5.87. The first-order chi connectivity index (χ1) is 13.3. The van der Waals surface area contributed by atoms with Crippen molar-refractivity contribution in [1.29, 1.82) is 0 Å². The number of halogens is 1. The molecule has 1 saturated heterocycles. The van der Waals surface area contributed by atoms with Gasteiger partial charge in [-0.2, -0.15) is 0 Å². The number of piperidine rings is 1. The molecule has 1 heterocycles. The number of amides is 1. The summed E-state index contributed by atoms with van der Waals surface area (Å²) in [6, 6.07) is 16.4. The van der Waals surface area contributed by atoms with E-state index in [2.05, 4.69) is 5.32 Å². The lowest BCUT2D eigenvalue weighted by atomic mass is 9.98. The minimum absolute atomic E-state index is 0.0844. The summed E-state index contributed by atoms with van der Waals surface area (Å²) in [5, 5.41) is 3.59. The molecule has 2 aromatic rings. The Labute approximate surface area is 171 Å². The Hall–Kier alpha value is -1.89. The summed E-state index contributed by atoms with van der Waals surface area (Å²) in [6.45, 7) is 2.61. The number of rotatable bonds is 6. The number of nitrogens with zero attached hydrogens (tertiary/aromatic N) is 1. The molecule has 0 spiro atoms. The van der Waals surface area contributed by atoms with Crippen LogP contribution in [-0.4, -0.2) is 31.7 Å². The predicted molar refractivity (Wildman–Crippen MR) is 111 cm³/mol. The standard InChI is InChI=1S/C21H25ClN2O3S/c1-16(18-6-3-2-4-7-18)23-21(25)19-8-5-13-24(14-19)28(26,27)15-17-9-11-20(22)12-10-17/h2-4,6-7,9-12,16,19H,5,8,13-15H2,1H3,(H,23,25)/t16-,19?/m1/s1. The fourth-order valence-corrected chi connectivity index (χ4v) is 5.18. The topological polar surface area (TPSA) is 66.5 Å². The molecule has 1 aliphatic rings. The Morgan fingerprint density at radius 2 is 1.86 bits per heavy atom. The highest BCUT2D eigenvalue weighted by Crippen LogP contribution is 2.23. The molecule has 2 aromatic carbocycles. The summed E-state index contributed by atoms with van der Waals surface area (Å²) in [6.07, 6.45) is 1.37. The largest absolute Gasteiger partial charge is 0.349 e. The van der Waals surface area contributed by atoms with Crippen LogP contribution < -0.4 is 5.32 Å². The molecule has 0 aromatic heterocycles. The van der Waals surface area contributed by atoms with Crippen LogP contribution in [0.4, 0.5) is 0 Å². The predicted octanol–water partition coefficient (Wildman–Crippen LogP) is 3.76. The molecular weight excluding hydrogens is 396 g/mol. The van der Waals surface area contributed by atoms with E-state index in [-0.39, 0.29) is 30.2 Å². The van der Waals surface area contributed by atoms with Gasteiger partial charge in [0.1, 0.15) is 0 Å². The zero-order chi connectivity index (χ0) is 20.1. The Morgan fingerprint density at radius 3 is 2.54 bits per heavy atom. The summed E-state index contributed by atoms with van der Waals surface area (Å²) in [5.74, 6) is -0.512. The quantitative estimate of drug-likeness (QED) is 0.773. The second kappa shape index (κ2) is 9.07. The first kappa shape index (κ1) is 20.8. The Kier molecular flexibility index (Phi) is 6.75. The summed E-state index contributed by atoms with van der Waals surface area (Å²) in [4.78, 5) is 12.7. The Morgan fingerprint density at radius 1 is 1.18 bits per heavy atom. The van der Waals surface area contributed by atoms with Crippen LogP contribution in [0.15, 0.2) is 54.6 Å². The van der Waals surface area contributed by atoms with Crippen molar-refractivity contribution in [2.75, 3.05) is 13.1 Å². The van der Waals surface area contributed by atoms with Crippen LogP contribution in [0.1, 0.15) is 36.9 Å². The van der Waals surface area contributed by atoms with E-state index < -0.39 is 10.0 Å². The fourth-order valence-electron chi connectivity index (χ4n) is 3.45. The molecule has 1 fully saturated rings. The number of nitrogens with one attached hydrogen (secondary N) is 1. The molecule has 0 aliphatic carbocycles. The Balaban J connectivity index is 1.62. The molecule has 1 aliphatic heterocycles. The van der Waals surface area contributed by atoms with Crippen LogP contribution in [0.5, 0.6) is 0 Å². The monoisotopic (exact) mass is 420 g/mol. The van der Waals surface area contributed by atoms with Gasteiger partial charge in [0.05, 0.1) is 17.7 Å². The normalized spacial score (nSPS) is 19.1. The van der Waals surface area contributed by atoms with Crippen molar-refractivity contribution in [3.8, 4) is 0 Å². The highest BCUT2D eigenvalue weighted by Gasteiger charge is 2.32. The van der Waals surface area contributed by atoms with Crippen LogP contribution in [-0.2, 0) is 20.6 Å². The first-order valence-corrected chi connectivity index (χ1v) is 11.4. The number of carbonyl (C=O) groups is 1.